The van der Waals surface area contributed by atoms with E-state index in [1.807, 2.05) is 12.3 Å². The number of aliphatic imine (C=N–C) groups is 1. The summed E-state index contributed by atoms with van der Waals surface area (Å²) < 4.78 is 0. The lowest BCUT2D eigenvalue weighted by atomic mass is 9.64. The average Bonchev–Trinajstić information content (AvgIpc) is 3.44. The molecular formula is C23H30N6O2S2. The summed E-state index contributed by atoms with van der Waals surface area (Å²) in [5, 5.41) is 22.3. The first-order valence-electron chi connectivity index (χ1n) is 11.5. The Morgan fingerprint density at radius 2 is 2.03 bits per heavy atom. The summed E-state index contributed by atoms with van der Waals surface area (Å²) in [5.41, 5.74) is 8.52. The fourth-order valence-corrected chi connectivity index (χ4v) is 7.02. The Hall–Kier alpha value is -2.38. The van der Waals surface area contributed by atoms with Crippen LogP contribution in [0.3, 0.4) is 0 Å². The highest BCUT2D eigenvalue weighted by molar-refractivity contribution is 8.06. The van der Waals surface area contributed by atoms with Gasteiger partial charge in [0.2, 0.25) is 5.91 Å². The maximum Gasteiger partial charge on any atom is 0.321 e. The molecule has 2 aliphatic carbocycles. The molecule has 33 heavy (non-hydrogen) atoms. The van der Waals surface area contributed by atoms with Gasteiger partial charge in [-0.1, -0.05) is 55.6 Å². The Bertz CT molecular complexity index is 995. The van der Waals surface area contributed by atoms with Crippen molar-refractivity contribution in [1.29, 1.82) is 5.26 Å². The SMILES string of the molecule is CC1=CSC(=C2C(N)=NC(SCC(=O)NC(=O)NC3CCCC3)=C(C#N)C23CCCCC3)N1. The van der Waals surface area contributed by atoms with Crippen LogP contribution >= 0.6 is 23.5 Å². The van der Waals surface area contributed by atoms with Gasteiger partial charge < -0.3 is 16.4 Å². The van der Waals surface area contributed by atoms with Crippen molar-refractivity contribution >= 4 is 41.3 Å². The van der Waals surface area contributed by atoms with Gasteiger partial charge in [-0.15, -0.1) is 0 Å². The first-order chi connectivity index (χ1) is 15.9. The topological polar surface area (TPSA) is 132 Å². The number of imide groups is 1. The molecule has 2 aliphatic heterocycles. The summed E-state index contributed by atoms with van der Waals surface area (Å²) in [6, 6.07) is 2.09. The molecule has 2 saturated carbocycles. The number of nitrogens with one attached hydrogen (secondary N) is 3. The highest BCUT2D eigenvalue weighted by atomic mass is 32.2. The van der Waals surface area contributed by atoms with E-state index < -0.39 is 17.4 Å². The summed E-state index contributed by atoms with van der Waals surface area (Å²) in [6.45, 7) is 1.99. The number of carbonyl (C=O) groups excluding carboxylic acids is 2. The van der Waals surface area contributed by atoms with Gasteiger partial charge in [0, 0.05) is 22.7 Å². The Labute approximate surface area is 203 Å². The minimum absolute atomic E-state index is 0.00890. The van der Waals surface area contributed by atoms with Crippen molar-refractivity contribution in [3.05, 3.63) is 32.3 Å². The van der Waals surface area contributed by atoms with E-state index in [4.69, 9.17) is 5.73 Å². The molecule has 176 valence electrons. The van der Waals surface area contributed by atoms with E-state index >= 15 is 0 Å². The molecule has 4 rings (SSSR count). The van der Waals surface area contributed by atoms with Gasteiger partial charge in [-0.05, 0) is 38.0 Å². The number of amides is 3. The number of amidine groups is 1. The van der Waals surface area contributed by atoms with Crippen molar-refractivity contribution < 1.29 is 9.59 Å². The molecule has 3 amide bonds. The minimum Gasteiger partial charge on any atom is -0.383 e. The average molecular weight is 487 g/mol. The summed E-state index contributed by atoms with van der Waals surface area (Å²) in [7, 11) is 0. The number of carbonyl (C=O) groups is 2. The smallest absolute Gasteiger partial charge is 0.321 e. The number of allylic oxidation sites excluding steroid dienone is 2. The predicted octanol–water partition coefficient (Wildman–Crippen LogP) is 3.95. The van der Waals surface area contributed by atoms with Gasteiger partial charge in [-0.2, -0.15) is 5.26 Å². The number of thioether (sulfide) groups is 2. The van der Waals surface area contributed by atoms with E-state index in [0.29, 0.717) is 16.4 Å². The van der Waals surface area contributed by atoms with E-state index in [1.54, 1.807) is 11.8 Å². The summed E-state index contributed by atoms with van der Waals surface area (Å²) in [5.74, 6) is -0.0231. The molecule has 1 spiro atoms. The highest BCUT2D eigenvalue weighted by Gasteiger charge is 2.47. The minimum atomic E-state index is -0.495. The number of urea groups is 1. The van der Waals surface area contributed by atoms with Crippen LogP contribution in [-0.2, 0) is 4.79 Å². The molecule has 0 unspecified atom stereocenters. The summed E-state index contributed by atoms with van der Waals surface area (Å²) >= 11 is 2.75. The number of nitriles is 1. The molecule has 0 saturated heterocycles. The van der Waals surface area contributed by atoms with Crippen molar-refractivity contribution in [2.24, 2.45) is 16.1 Å². The Kier molecular flexibility index (Phi) is 7.39. The van der Waals surface area contributed by atoms with Gasteiger partial charge in [-0.25, -0.2) is 9.79 Å². The maximum atomic E-state index is 12.4. The van der Waals surface area contributed by atoms with Gasteiger partial charge >= 0.3 is 6.03 Å². The summed E-state index contributed by atoms with van der Waals surface area (Å²) in [4.78, 5) is 29.1. The normalized spacial score (nSPS) is 24.7. The number of nitrogens with zero attached hydrogens (tertiary/aromatic N) is 2. The van der Waals surface area contributed by atoms with Crippen LogP contribution in [0, 0.1) is 16.7 Å². The van der Waals surface area contributed by atoms with Crippen LogP contribution in [0.2, 0.25) is 0 Å². The zero-order valence-electron chi connectivity index (χ0n) is 18.8. The van der Waals surface area contributed by atoms with Crippen LogP contribution in [0.1, 0.15) is 64.7 Å². The Morgan fingerprint density at radius 3 is 2.67 bits per heavy atom. The van der Waals surface area contributed by atoms with Crippen LogP contribution in [0.15, 0.2) is 37.3 Å². The zero-order valence-corrected chi connectivity index (χ0v) is 20.5. The largest absolute Gasteiger partial charge is 0.383 e. The maximum absolute atomic E-state index is 12.4. The van der Waals surface area contributed by atoms with Crippen LogP contribution in [0.4, 0.5) is 4.79 Å². The molecule has 8 nitrogen and oxygen atoms in total. The molecule has 10 heteroatoms. The fraction of sp³-hybridized carbons (Fsp3) is 0.565. The molecule has 0 aromatic heterocycles. The molecular weight excluding hydrogens is 456 g/mol. The number of nitrogens with two attached hydrogens (primary N) is 1. The second-order valence-corrected chi connectivity index (χ2v) is 10.8. The molecule has 0 aromatic carbocycles. The zero-order chi connectivity index (χ0) is 23.4. The van der Waals surface area contributed by atoms with Crippen molar-refractivity contribution in [2.75, 3.05) is 5.75 Å². The van der Waals surface area contributed by atoms with Gasteiger partial charge in [0.15, 0.2) is 0 Å². The van der Waals surface area contributed by atoms with Crippen molar-refractivity contribution in [3.63, 3.8) is 0 Å². The molecule has 0 bridgehead atoms. The number of hydrogen-bond donors (Lipinski definition) is 4. The molecule has 4 aliphatic rings. The van der Waals surface area contributed by atoms with E-state index in [-0.39, 0.29) is 11.8 Å². The fourth-order valence-electron chi connectivity index (χ4n) is 5.14. The first-order valence-corrected chi connectivity index (χ1v) is 13.4. The van der Waals surface area contributed by atoms with E-state index in [2.05, 4.69) is 27.0 Å². The van der Waals surface area contributed by atoms with Crippen LogP contribution in [0.25, 0.3) is 0 Å². The van der Waals surface area contributed by atoms with E-state index in [0.717, 1.165) is 74.1 Å². The second kappa shape index (κ2) is 10.3. The third-order valence-electron chi connectivity index (χ3n) is 6.64. The van der Waals surface area contributed by atoms with Crippen molar-refractivity contribution in [1.82, 2.24) is 16.0 Å². The monoisotopic (exact) mass is 486 g/mol. The van der Waals surface area contributed by atoms with E-state index in [9.17, 15) is 14.9 Å². The molecule has 2 heterocycles. The molecule has 0 radical (unpaired) electrons. The van der Waals surface area contributed by atoms with Gasteiger partial charge in [0.1, 0.15) is 10.9 Å². The number of hydrogen-bond acceptors (Lipinski definition) is 8. The number of rotatable bonds is 4. The molecule has 5 N–H and O–H groups in total. The second-order valence-electron chi connectivity index (χ2n) is 8.97. The third-order valence-corrected chi connectivity index (χ3v) is 8.63. The van der Waals surface area contributed by atoms with Crippen LogP contribution < -0.4 is 21.7 Å². The van der Waals surface area contributed by atoms with Crippen LogP contribution in [0.5, 0.6) is 0 Å². The standard InChI is InChI=1S/C23H30N6O2S2/c1-14-12-32-21(26-14)18-19(25)29-20(16(11-24)23(18)9-5-2-6-10-23)33-13-17(30)28-22(31)27-15-7-3-4-8-15/h12,15,26H,2-10,13H2,1H3,(H2,25,29)(H2,27,28,30,31). The van der Waals surface area contributed by atoms with Crippen molar-refractivity contribution in [2.45, 2.75) is 70.8 Å². The predicted molar refractivity (Wildman–Crippen MR) is 133 cm³/mol. The summed E-state index contributed by atoms with van der Waals surface area (Å²) in [6.07, 6.45) is 8.89. The molecule has 0 aromatic rings. The Morgan fingerprint density at radius 1 is 1.30 bits per heavy atom. The lowest BCUT2D eigenvalue weighted by Gasteiger charge is -2.42. The third kappa shape index (κ3) is 5.09. The quantitative estimate of drug-likeness (QED) is 0.473. The van der Waals surface area contributed by atoms with Crippen molar-refractivity contribution in [3.8, 4) is 6.07 Å². The van der Waals surface area contributed by atoms with Gasteiger partial charge in [0.25, 0.3) is 0 Å². The highest BCUT2D eigenvalue weighted by Crippen LogP contribution is 2.54. The van der Waals surface area contributed by atoms with E-state index in [1.165, 1.54) is 11.8 Å². The van der Waals surface area contributed by atoms with Gasteiger partial charge in [-0.3, -0.25) is 10.1 Å². The lowest BCUT2D eigenvalue weighted by Crippen LogP contribution is -2.44. The Balaban J connectivity index is 1.52. The van der Waals surface area contributed by atoms with Crippen LogP contribution in [-0.4, -0.2) is 29.6 Å². The molecule has 0 atom stereocenters. The lowest BCUT2D eigenvalue weighted by molar-refractivity contribution is -0.117. The van der Waals surface area contributed by atoms with Gasteiger partial charge in [0.05, 0.1) is 22.4 Å². The molecule has 2 fully saturated rings. The first kappa shape index (κ1) is 23.8.